The van der Waals surface area contributed by atoms with Gasteiger partial charge in [-0.05, 0) is 24.1 Å². The van der Waals surface area contributed by atoms with Crippen molar-refractivity contribution in [3.8, 4) is 5.75 Å². The minimum Gasteiger partial charge on any atom is -0.508 e. The van der Waals surface area contributed by atoms with E-state index in [1.807, 2.05) is 6.92 Å². The Morgan fingerprint density at radius 3 is 2.70 bits per heavy atom. The first kappa shape index (κ1) is 13.9. The molecule has 0 fully saturated rings. The van der Waals surface area contributed by atoms with E-state index < -0.39 is 11.2 Å². The van der Waals surface area contributed by atoms with E-state index >= 15 is 0 Å². The molecule has 0 aliphatic carbocycles. The minimum atomic E-state index is -0.509. The van der Waals surface area contributed by atoms with E-state index in [0.29, 0.717) is 12.1 Å². The maximum absolute atomic E-state index is 12.2. The van der Waals surface area contributed by atoms with Crippen LogP contribution in [0.2, 0.25) is 0 Å². The van der Waals surface area contributed by atoms with Gasteiger partial charge >= 0.3 is 5.69 Å². The van der Waals surface area contributed by atoms with Crippen molar-refractivity contribution in [2.75, 3.05) is 5.73 Å². The first-order valence-corrected chi connectivity index (χ1v) is 6.40. The number of aryl methyl sites for hydroxylation is 1. The molecule has 0 aliphatic heterocycles. The van der Waals surface area contributed by atoms with Crippen molar-refractivity contribution in [1.29, 1.82) is 0 Å². The lowest BCUT2D eigenvalue weighted by atomic mass is 10.2. The maximum atomic E-state index is 12.2. The molecule has 0 spiro atoms. The Morgan fingerprint density at radius 2 is 2.05 bits per heavy atom. The lowest BCUT2D eigenvalue weighted by Gasteiger charge is -2.11. The highest BCUT2D eigenvalue weighted by molar-refractivity contribution is 5.32. The first-order valence-electron chi connectivity index (χ1n) is 6.40. The van der Waals surface area contributed by atoms with Crippen LogP contribution in [0.4, 0.5) is 5.69 Å². The van der Waals surface area contributed by atoms with Crippen molar-refractivity contribution in [3.63, 3.8) is 0 Å². The summed E-state index contributed by atoms with van der Waals surface area (Å²) in [7, 11) is 0. The van der Waals surface area contributed by atoms with E-state index in [1.54, 1.807) is 12.1 Å². The van der Waals surface area contributed by atoms with Gasteiger partial charge in [0.1, 0.15) is 11.4 Å². The van der Waals surface area contributed by atoms with Crippen LogP contribution in [0.5, 0.6) is 5.75 Å². The summed E-state index contributed by atoms with van der Waals surface area (Å²) in [6, 6.07) is 6.44. The van der Waals surface area contributed by atoms with Crippen LogP contribution in [0.25, 0.3) is 0 Å². The van der Waals surface area contributed by atoms with Crippen molar-refractivity contribution >= 4 is 5.69 Å². The normalized spacial score (nSPS) is 10.7. The van der Waals surface area contributed by atoms with E-state index in [2.05, 4.69) is 0 Å². The molecule has 106 valence electrons. The molecule has 3 N–H and O–H groups in total. The number of benzene rings is 1. The molecule has 0 aliphatic rings. The van der Waals surface area contributed by atoms with Crippen LogP contribution < -0.4 is 17.0 Å². The molecule has 6 heteroatoms. The fourth-order valence-electron chi connectivity index (χ4n) is 2.05. The zero-order chi connectivity index (χ0) is 14.7. The zero-order valence-electron chi connectivity index (χ0n) is 11.2. The van der Waals surface area contributed by atoms with E-state index in [0.717, 1.165) is 11.0 Å². The van der Waals surface area contributed by atoms with Gasteiger partial charge < -0.3 is 10.8 Å². The summed E-state index contributed by atoms with van der Waals surface area (Å²) in [5.74, 6) is 0.0911. The fourth-order valence-corrected chi connectivity index (χ4v) is 2.05. The summed E-state index contributed by atoms with van der Waals surface area (Å²) in [6.45, 7) is 2.53. The Labute approximate surface area is 115 Å². The van der Waals surface area contributed by atoms with Gasteiger partial charge in [0, 0.05) is 12.7 Å². The van der Waals surface area contributed by atoms with Crippen LogP contribution in [0, 0.1) is 0 Å². The first-order chi connectivity index (χ1) is 9.52. The summed E-state index contributed by atoms with van der Waals surface area (Å²) in [5.41, 5.74) is 5.46. The van der Waals surface area contributed by atoms with E-state index in [1.165, 1.54) is 22.9 Å². The Kier molecular flexibility index (Phi) is 3.93. The average molecular weight is 275 g/mol. The molecule has 0 atom stereocenters. The van der Waals surface area contributed by atoms with E-state index in [4.69, 9.17) is 5.73 Å². The van der Waals surface area contributed by atoms with Gasteiger partial charge in [0.15, 0.2) is 0 Å². The number of anilines is 1. The van der Waals surface area contributed by atoms with Crippen LogP contribution in [-0.2, 0) is 13.1 Å². The van der Waals surface area contributed by atoms with Crippen LogP contribution in [0.15, 0.2) is 40.1 Å². The van der Waals surface area contributed by atoms with Gasteiger partial charge in [-0.25, -0.2) is 4.79 Å². The SMILES string of the molecule is CCCn1cc(N)c(=O)n(Cc2cccc(O)c2)c1=O. The molecule has 0 amide bonds. The van der Waals surface area contributed by atoms with Crippen molar-refractivity contribution in [3.05, 3.63) is 56.9 Å². The summed E-state index contributed by atoms with van der Waals surface area (Å²) in [4.78, 5) is 24.2. The van der Waals surface area contributed by atoms with Crippen LogP contribution >= 0.6 is 0 Å². The largest absolute Gasteiger partial charge is 0.508 e. The quantitative estimate of drug-likeness (QED) is 0.861. The Bertz CT molecular complexity index is 731. The second-order valence-electron chi connectivity index (χ2n) is 4.62. The smallest absolute Gasteiger partial charge is 0.331 e. The molecule has 2 rings (SSSR count). The number of nitrogen functional groups attached to an aromatic ring is 1. The lowest BCUT2D eigenvalue weighted by Crippen LogP contribution is -2.40. The van der Waals surface area contributed by atoms with Gasteiger partial charge in [0.05, 0.1) is 6.54 Å². The highest BCUT2D eigenvalue weighted by Crippen LogP contribution is 2.11. The molecule has 0 unspecified atom stereocenters. The number of rotatable bonds is 4. The molecular weight excluding hydrogens is 258 g/mol. The molecule has 0 bridgehead atoms. The third-order valence-electron chi connectivity index (χ3n) is 2.98. The molecule has 0 radical (unpaired) electrons. The topological polar surface area (TPSA) is 90.2 Å². The Balaban J connectivity index is 2.51. The molecule has 1 heterocycles. The molecule has 1 aromatic carbocycles. The number of aromatic hydroxyl groups is 1. The van der Waals surface area contributed by atoms with Crippen LogP contribution in [0.1, 0.15) is 18.9 Å². The molecular formula is C14H17N3O3. The Hall–Kier alpha value is -2.50. The monoisotopic (exact) mass is 275 g/mol. The van der Waals surface area contributed by atoms with Gasteiger partial charge in [-0.3, -0.25) is 13.9 Å². The number of aromatic nitrogens is 2. The summed E-state index contributed by atoms with van der Waals surface area (Å²) in [5, 5.41) is 9.43. The standard InChI is InChI=1S/C14H17N3O3/c1-2-6-16-9-12(15)13(19)17(14(16)20)8-10-4-3-5-11(18)7-10/h3-5,7,9,18H,2,6,8,15H2,1H3. The van der Waals surface area contributed by atoms with Gasteiger partial charge in [0.25, 0.3) is 5.56 Å². The van der Waals surface area contributed by atoms with Crippen LogP contribution in [0.3, 0.4) is 0 Å². The Morgan fingerprint density at radius 1 is 1.30 bits per heavy atom. The molecule has 2 aromatic rings. The predicted octanol–water partition coefficient (Wildman–Crippen LogP) is 0.756. The maximum Gasteiger partial charge on any atom is 0.331 e. The number of hydrogen-bond donors (Lipinski definition) is 2. The van der Waals surface area contributed by atoms with Crippen molar-refractivity contribution < 1.29 is 5.11 Å². The second-order valence-corrected chi connectivity index (χ2v) is 4.62. The molecule has 6 nitrogen and oxygen atoms in total. The van der Waals surface area contributed by atoms with Gasteiger partial charge in [-0.1, -0.05) is 19.1 Å². The average Bonchev–Trinajstić information content (AvgIpc) is 2.41. The van der Waals surface area contributed by atoms with Crippen molar-refractivity contribution in [2.45, 2.75) is 26.4 Å². The van der Waals surface area contributed by atoms with Crippen molar-refractivity contribution in [1.82, 2.24) is 9.13 Å². The highest BCUT2D eigenvalue weighted by Gasteiger charge is 2.09. The number of nitrogens with two attached hydrogens (primary N) is 1. The van der Waals surface area contributed by atoms with Crippen molar-refractivity contribution in [2.24, 2.45) is 0 Å². The highest BCUT2D eigenvalue weighted by atomic mass is 16.3. The molecule has 0 saturated carbocycles. The second kappa shape index (κ2) is 5.64. The van der Waals surface area contributed by atoms with E-state index in [9.17, 15) is 14.7 Å². The summed E-state index contributed by atoms with van der Waals surface area (Å²) in [6.07, 6.45) is 2.15. The number of nitrogens with zero attached hydrogens (tertiary/aromatic N) is 2. The molecule has 20 heavy (non-hydrogen) atoms. The van der Waals surface area contributed by atoms with Gasteiger partial charge in [-0.2, -0.15) is 0 Å². The summed E-state index contributed by atoms with van der Waals surface area (Å²) >= 11 is 0. The van der Waals surface area contributed by atoms with Crippen LogP contribution in [-0.4, -0.2) is 14.2 Å². The number of hydrogen-bond acceptors (Lipinski definition) is 4. The third kappa shape index (κ3) is 2.74. The lowest BCUT2D eigenvalue weighted by molar-refractivity contribution is 0.474. The van der Waals surface area contributed by atoms with E-state index in [-0.39, 0.29) is 18.0 Å². The number of phenols is 1. The minimum absolute atomic E-state index is 0.0400. The molecule has 0 saturated heterocycles. The fraction of sp³-hybridized carbons (Fsp3) is 0.286. The molecule has 1 aromatic heterocycles. The third-order valence-corrected chi connectivity index (χ3v) is 2.98. The van der Waals surface area contributed by atoms with Gasteiger partial charge in [0.2, 0.25) is 0 Å². The summed E-state index contributed by atoms with van der Waals surface area (Å²) < 4.78 is 2.51. The predicted molar refractivity (Wildman–Crippen MR) is 76.9 cm³/mol. The van der Waals surface area contributed by atoms with Gasteiger partial charge in [-0.15, -0.1) is 0 Å². The number of phenolic OH excluding ortho intramolecular Hbond substituents is 1. The zero-order valence-corrected chi connectivity index (χ0v) is 11.2.